The van der Waals surface area contributed by atoms with Gasteiger partial charge in [0.25, 0.3) is 0 Å². The summed E-state index contributed by atoms with van der Waals surface area (Å²) < 4.78 is 4.88. The highest BCUT2D eigenvalue weighted by Crippen LogP contribution is 2.07. The van der Waals surface area contributed by atoms with E-state index in [2.05, 4.69) is 5.32 Å². The first-order valence-electron chi connectivity index (χ1n) is 4.24. The van der Waals surface area contributed by atoms with Gasteiger partial charge in [-0.3, -0.25) is 4.79 Å². The second-order valence-corrected chi connectivity index (χ2v) is 2.75. The maximum atomic E-state index is 11.1. The summed E-state index contributed by atoms with van der Waals surface area (Å²) in [5, 5.41) is 3.13. The van der Waals surface area contributed by atoms with E-state index in [9.17, 15) is 4.79 Å². The molecule has 0 aromatic heterocycles. The topological polar surface area (TPSA) is 38.3 Å². The van der Waals surface area contributed by atoms with E-state index in [1.807, 2.05) is 6.92 Å². The number of hydrogen-bond acceptors (Lipinski definition) is 3. The summed E-state index contributed by atoms with van der Waals surface area (Å²) in [5.74, 6) is -0.0906. The quantitative estimate of drug-likeness (QED) is 0.599. The molecule has 64 valence electrons. The highest BCUT2D eigenvalue weighted by molar-refractivity contribution is 5.75. The Morgan fingerprint density at radius 3 is 3.00 bits per heavy atom. The zero-order valence-corrected chi connectivity index (χ0v) is 6.93. The summed E-state index contributed by atoms with van der Waals surface area (Å²) in [6.07, 6.45) is 3.24. The molecule has 0 aliphatic carbocycles. The molecule has 0 saturated carbocycles. The van der Waals surface area contributed by atoms with E-state index < -0.39 is 0 Å². The first kappa shape index (κ1) is 8.53. The molecule has 0 bridgehead atoms. The summed E-state index contributed by atoms with van der Waals surface area (Å²) in [6, 6.07) is -0.0382. The van der Waals surface area contributed by atoms with Gasteiger partial charge in [0.2, 0.25) is 0 Å². The van der Waals surface area contributed by atoms with Crippen LogP contribution in [0.25, 0.3) is 0 Å². The molecule has 0 spiro atoms. The Morgan fingerprint density at radius 1 is 1.64 bits per heavy atom. The van der Waals surface area contributed by atoms with Gasteiger partial charge in [-0.2, -0.15) is 0 Å². The smallest absolute Gasteiger partial charge is 0.323 e. The Kier molecular flexibility index (Phi) is 3.36. The summed E-state index contributed by atoms with van der Waals surface area (Å²) >= 11 is 0. The van der Waals surface area contributed by atoms with Crippen LogP contribution in [0.3, 0.4) is 0 Å². The molecule has 1 aliphatic rings. The lowest BCUT2D eigenvalue weighted by Crippen LogP contribution is -2.41. The molecular weight excluding hydrogens is 142 g/mol. The van der Waals surface area contributed by atoms with Gasteiger partial charge in [-0.05, 0) is 26.3 Å². The summed E-state index contributed by atoms with van der Waals surface area (Å²) in [4.78, 5) is 11.1. The lowest BCUT2D eigenvalue weighted by Gasteiger charge is -2.21. The molecule has 11 heavy (non-hydrogen) atoms. The van der Waals surface area contributed by atoms with Crippen molar-refractivity contribution in [3.8, 4) is 0 Å². The number of hydrogen-bond donors (Lipinski definition) is 1. The van der Waals surface area contributed by atoms with E-state index in [-0.39, 0.29) is 12.0 Å². The maximum Gasteiger partial charge on any atom is 0.323 e. The molecule has 0 unspecified atom stereocenters. The van der Waals surface area contributed by atoms with Gasteiger partial charge in [-0.15, -0.1) is 0 Å². The summed E-state index contributed by atoms with van der Waals surface area (Å²) in [5.41, 5.74) is 0. The first-order valence-corrected chi connectivity index (χ1v) is 4.24. The number of piperidine rings is 1. The van der Waals surface area contributed by atoms with Crippen LogP contribution in [-0.4, -0.2) is 25.2 Å². The third-order valence-corrected chi connectivity index (χ3v) is 1.88. The molecular formula is C8H15NO2. The number of ether oxygens (including phenoxy) is 1. The summed E-state index contributed by atoms with van der Waals surface area (Å²) in [7, 11) is 0. The second kappa shape index (κ2) is 4.34. The molecule has 1 heterocycles. The lowest BCUT2D eigenvalue weighted by molar-refractivity contribution is -0.146. The molecule has 0 radical (unpaired) electrons. The van der Waals surface area contributed by atoms with E-state index in [0.29, 0.717) is 6.61 Å². The van der Waals surface area contributed by atoms with Crippen molar-refractivity contribution in [2.75, 3.05) is 13.2 Å². The van der Waals surface area contributed by atoms with Gasteiger partial charge >= 0.3 is 5.97 Å². The molecule has 0 aromatic carbocycles. The minimum atomic E-state index is -0.0906. The Hall–Kier alpha value is -0.570. The van der Waals surface area contributed by atoms with Crippen LogP contribution in [-0.2, 0) is 9.53 Å². The van der Waals surface area contributed by atoms with Gasteiger partial charge in [0, 0.05) is 0 Å². The minimum Gasteiger partial charge on any atom is -0.465 e. The Labute approximate surface area is 67.1 Å². The fourth-order valence-corrected chi connectivity index (χ4v) is 1.30. The maximum absolute atomic E-state index is 11.1. The molecule has 3 nitrogen and oxygen atoms in total. The van der Waals surface area contributed by atoms with E-state index in [0.717, 1.165) is 19.4 Å². The van der Waals surface area contributed by atoms with Crippen LogP contribution in [0.5, 0.6) is 0 Å². The largest absolute Gasteiger partial charge is 0.465 e. The zero-order chi connectivity index (χ0) is 8.10. The third-order valence-electron chi connectivity index (χ3n) is 1.88. The molecule has 1 rings (SSSR count). The molecule has 3 heteroatoms. The molecule has 1 N–H and O–H groups in total. The summed E-state index contributed by atoms with van der Waals surface area (Å²) in [6.45, 7) is 3.27. The van der Waals surface area contributed by atoms with Crippen molar-refractivity contribution >= 4 is 5.97 Å². The van der Waals surface area contributed by atoms with Crippen molar-refractivity contribution in [3.05, 3.63) is 0 Å². The van der Waals surface area contributed by atoms with E-state index in [1.54, 1.807) is 0 Å². The van der Waals surface area contributed by atoms with Gasteiger partial charge in [0.05, 0.1) is 6.61 Å². The fraction of sp³-hybridized carbons (Fsp3) is 0.875. The molecule has 1 aliphatic heterocycles. The van der Waals surface area contributed by atoms with Crippen LogP contribution >= 0.6 is 0 Å². The van der Waals surface area contributed by atoms with Crippen molar-refractivity contribution in [1.82, 2.24) is 5.32 Å². The van der Waals surface area contributed by atoms with Crippen LogP contribution in [0.1, 0.15) is 26.2 Å². The van der Waals surface area contributed by atoms with Crippen molar-refractivity contribution in [2.24, 2.45) is 0 Å². The number of carbonyl (C=O) groups is 1. The van der Waals surface area contributed by atoms with Crippen molar-refractivity contribution in [3.63, 3.8) is 0 Å². The van der Waals surface area contributed by atoms with Gasteiger partial charge in [0.15, 0.2) is 0 Å². The van der Waals surface area contributed by atoms with Crippen LogP contribution in [0, 0.1) is 0 Å². The van der Waals surface area contributed by atoms with Crippen LogP contribution < -0.4 is 5.32 Å². The molecule has 1 fully saturated rings. The van der Waals surface area contributed by atoms with Crippen molar-refractivity contribution < 1.29 is 9.53 Å². The van der Waals surface area contributed by atoms with E-state index in [1.165, 1.54) is 6.42 Å². The number of esters is 1. The van der Waals surface area contributed by atoms with Crippen molar-refractivity contribution in [2.45, 2.75) is 32.2 Å². The fourth-order valence-electron chi connectivity index (χ4n) is 1.30. The van der Waals surface area contributed by atoms with E-state index >= 15 is 0 Å². The molecule has 1 atom stereocenters. The monoisotopic (exact) mass is 157 g/mol. The van der Waals surface area contributed by atoms with Crippen LogP contribution in [0.4, 0.5) is 0 Å². The molecule has 0 aromatic rings. The van der Waals surface area contributed by atoms with E-state index in [4.69, 9.17) is 4.74 Å². The Morgan fingerprint density at radius 2 is 2.45 bits per heavy atom. The highest BCUT2D eigenvalue weighted by Gasteiger charge is 2.20. The first-order chi connectivity index (χ1) is 5.34. The minimum absolute atomic E-state index is 0.0382. The third kappa shape index (κ3) is 2.50. The normalized spacial score (nSPS) is 24.6. The predicted molar refractivity (Wildman–Crippen MR) is 42.3 cm³/mol. The van der Waals surface area contributed by atoms with Crippen molar-refractivity contribution in [1.29, 1.82) is 0 Å². The zero-order valence-electron chi connectivity index (χ0n) is 6.93. The number of carbonyl (C=O) groups excluding carboxylic acids is 1. The second-order valence-electron chi connectivity index (χ2n) is 2.75. The van der Waals surface area contributed by atoms with Gasteiger partial charge in [-0.25, -0.2) is 0 Å². The average molecular weight is 157 g/mol. The van der Waals surface area contributed by atoms with Gasteiger partial charge in [0.1, 0.15) is 6.04 Å². The lowest BCUT2D eigenvalue weighted by atomic mass is 10.1. The van der Waals surface area contributed by atoms with Crippen LogP contribution in [0.15, 0.2) is 0 Å². The standard InChI is InChI=1S/C8H15NO2/c1-2-11-8(10)7-5-3-4-6-9-7/h7,9H,2-6H2,1H3/t7-/m1/s1. The number of nitrogens with one attached hydrogen (secondary N) is 1. The molecule has 1 saturated heterocycles. The Bertz CT molecular complexity index is 130. The Balaban J connectivity index is 2.27. The van der Waals surface area contributed by atoms with Gasteiger partial charge in [-0.1, -0.05) is 6.42 Å². The molecule has 0 amide bonds. The SMILES string of the molecule is CCOC(=O)[C@H]1CCCCN1. The van der Waals surface area contributed by atoms with Crippen LogP contribution in [0.2, 0.25) is 0 Å². The predicted octanol–water partition coefficient (Wildman–Crippen LogP) is 0.692. The number of rotatable bonds is 2. The highest BCUT2D eigenvalue weighted by atomic mass is 16.5. The van der Waals surface area contributed by atoms with Gasteiger partial charge < -0.3 is 10.1 Å². The average Bonchev–Trinajstić information content (AvgIpc) is 2.07.